The number of hydrogen-bond acceptors (Lipinski definition) is 3. The number of aromatic nitrogens is 3. The van der Waals surface area contributed by atoms with Gasteiger partial charge in [-0.3, -0.25) is 0 Å². The summed E-state index contributed by atoms with van der Waals surface area (Å²) in [6, 6.07) is 49.7. The maximum Gasteiger partial charge on any atom is 0.125 e. The number of hydrogen-bond donors (Lipinski definition) is 0. The molecule has 12 rings (SSSR count). The first-order valence-electron chi connectivity index (χ1n) is 21.2. The fourth-order valence-corrected chi connectivity index (χ4v) is 10.8. The molecule has 61 heavy (non-hydrogen) atoms. The van der Waals surface area contributed by atoms with Gasteiger partial charge in [-0.1, -0.05) is 91.9 Å². The van der Waals surface area contributed by atoms with Gasteiger partial charge in [-0.2, -0.15) is 10.5 Å². The SMILES string of the molecule is C=Cc1c(/C=C\C)ccc2c1c1cc(-n3c4ccccc4c4ccccc43)ccc1n2-c1cc(C#N)c(-n2c3ccccc3c3cc4c(cc32)OC2CCCCC42)cc1C#N. The Kier molecular flexibility index (Phi) is 7.70. The standard InChI is InChI=1S/C55H39N5O/c1-3-13-33-22-24-49-55(37(33)4-2)44-28-36(58-45-18-9-5-14-38(45)39-15-6-10-19-46(39)58)23-25-48(44)59(49)50-26-35(32-57)51(27-34(50)31-56)60-47-20-11-7-16-40(47)42-29-43-41-17-8-12-21-53(41)61-54(43)30-52(42)60/h3-7,9-11,13-16,18-20,22-30,41,53H,2,8,12,17,21H2,1H3/b13-3-. The summed E-state index contributed by atoms with van der Waals surface area (Å²) >= 11 is 0. The van der Waals surface area contributed by atoms with Crippen LogP contribution in [0.15, 0.2) is 140 Å². The molecule has 0 radical (unpaired) electrons. The highest BCUT2D eigenvalue weighted by atomic mass is 16.5. The second-order valence-corrected chi connectivity index (χ2v) is 16.5. The minimum Gasteiger partial charge on any atom is -0.489 e. The lowest BCUT2D eigenvalue weighted by atomic mass is 9.83. The van der Waals surface area contributed by atoms with Crippen molar-refractivity contribution >= 4 is 77.6 Å². The first-order valence-corrected chi connectivity index (χ1v) is 21.2. The van der Waals surface area contributed by atoms with Gasteiger partial charge in [-0.05, 0) is 98.0 Å². The molecule has 0 amide bonds. The molecule has 1 saturated carbocycles. The van der Waals surface area contributed by atoms with Crippen LogP contribution in [-0.4, -0.2) is 19.8 Å². The van der Waals surface area contributed by atoms with Crippen molar-refractivity contribution in [1.82, 2.24) is 13.7 Å². The summed E-state index contributed by atoms with van der Waals surface area (Å²) in [5.74, 6) is 1.35. The Morgan fingerprint density at radius 1 is 0.607 bits per heavy atom. The van der Waals surface area contributed by atoms with E-state index in [0.717, 1.165) is 90.1 Å². The van der Waals surface area contributed by atoms with E-state index in [2.05, 4.69) is 148 Å². The van der Waals surface area contributed by atoms with Crippen LogP contribution in [0.2, 0.25) is 0 Å². The molecule has 7 aromatic carbocycles. The van der Waals surface area contributed by atoms with Crippen LogP contribution in [0, 0.1) is 22.7 Å². The highest BCUT2D eigenvalue weighted by Gasteiger charge is 2.37. The lowest BCUT2D eigenvalue weighted by molar-refractivity contribution is 0.164. The predicted molar refractivity (Wildman–Crippen MR) is 249 cm³/mol. The number of rotatable bonds is 5. The Bertz CT molecular complexity index is 3600. The second kappa shape index (κ2) is 13.4. The van der Waals surface area contributed by atoms with Crippen LogP contribution in [0.3, 0.4) is 0 Å². The van der Waals surface area contributed by atoms with E-state index in [1.54, 1.807) is 0 Å². The van der Waals surface area contributed by atoms with Crippen LogP contribution in [0.4, 0.5) is 0 Å². The summed E-state index contributed by atoms with van der Waals surface area (Å²) in [5, 5.41) is 28.9. The van der Waals surface area contributed by atoms with Crippen molar-refractivity contribution in [2.24, 2.45) is 0 Å². The fraction of sp³-hybridized carbons (Fsp3) is 0.127. The van der Waals surface area contributed by atoms with Gasteiger partial charge in [0.1, 0.15) is 24.0 Å². The van der Waals surface area contributed by atoms with Crippen molar-refractivity contribution < 1.29 is 4.74 Å². The highest BCUT2D eigenvalue weighted by Crippen LogP contribution is 2.49. The van der Waals surface area contributed by atoms with Crippen LogP contribution in [0.25, 0.3) is 94.6 Å². The van der Waals surface area contributed by atoms with Crippen LogP contribution in [0.1, 0.15) is 66.3 Å². The normalized spacial score (nSPS) is 16.1. The van der Waals surface area contributed by atoms with Crippen LogP contribution >= 0.6 is 0 Å². The smallest absolute Gasteiger partial charge is 0.125 e. The van der Waals surface area contributed by atoms with Crippen molar-refractivity contribution in [3.63, 3.8) is 0 Å². The third-order valence-corrected chi connectivity index (χ3v) is 13.4. The third-order valence-electron chi connectivity index (χ3n) is 13.4. The maximum absolute atomic E-state index is 11.1. The summed E-state index contributed by atoms with van der Waals surface area (Å²) in [5.41, 5.74) is 12.7. The molecule has 0 spiro atoms. The maximum atomic E-state index is 11.1. The molecule has 6 heteroatoms. The van der Waals surface area contributed by atoms with Crippen LogP contribution in [0.5, 0.6) is 5.75 Å². The molecule has 0 saturated heterocycles. The molecule has 2 aliphatic rings. The van der Waals surface area contributed by atoms with Gasteiger partial charge in [-0.15, -0.1) is 0 Å². The zero-order valence-electron chi connectivity index (χ0n) is 33.7. The number of fused-ring (bicyclic) bond motifs is 12. The predicted octanol–water partition coefficient (Wildman–Crippen LogP) is 13.8. The Balaban J connectivity index is 1.12. The average Bonchev–Trinajstić information content (AvgIpc) is 4.04. The molecule has 2 unspecified atom stereocenters. The zero-order chi connectivity index (χ0) is 40.9. The molecular formula is C55H39N5O. The number of nitriles is 2. The number of nitrogens with zero attached hydrogens (tertiary/aromatic N) is 5. The summed E-state index contributed by atoms with van der Waals surface area (Å²) in [7, 11) is 0. The molecule has 290 valence electrons. The Morgan fingerprint density at radius 2 is 1.20 bits per heavy atom. The van der Waals surface area contributed by atoms with Crippen molar-refractivity contribution in [3.8, 4) is 35.0 Å². The molecule has 1 aliphatic carbocycles. The molecule has 6 nitrogen and oxygen atoms in total. The summed E-state index contributed by atoms with van der Waals surface area (Å²) in [6.45, 7) is 6.33. The number of allylic oxidation sites excluding steroid dienone is 1. The molecule has 1 aliphatic heterocycles. The number of para-hydroxylation sites is 3. The molecule has 3 aromatic heterocycles. The van der Waals surface area contributed by atoms with Gasteiger partial charge in [-0.25, -0.2) is 0 Å². The van der Waals surface area contributed by atoms with E-state index >= 15 is 0 Å². The van der Waals surface area contributed by atoms with Crippen molar-refractivity contribution in [1.29, 1.82) is 10.5 Å². The van der Waals surface area contributed by atoms with Crippen LogP contribution < -0.4 is 4.74 Å². The van der Waals surface area contributed by atoms with Crippen molar-refractivity contribution in [2.45, 2.75) is 44.6 Å². The van der Waals surface area contributed by atoms with Gasteiger partial charge in [0.25, 0.3) is 0 Å². The van der Waals surface area contributed by atoms with E-state index in [9.17, 15) is 10.5 Å². The Hall–Kier alpha value is -7.80. The average molecular weight is 786 g/mol. The van der Waals surface area contributed by atoms with Gasteiger partial charge in [0.2, 0.25) is 0 Å². The third kappa shape index (κ3) is 4.94. The van der Waals surface area contributed by atoms with Gasteiger partial charge in [0.05, 0.1) is 55.6 Å². The Labute approximate surface area is 352 Å². The van der Waals surface area contributed by atoms with Crippen molar-refractivity contribution in [3.05, 3.63) is 168 Å². The summed E-state index contributed by atoms with van der Waals surface area (Å²) in [6.07, 6.45) is 10.9. The molecule has 1 fully saturated rings. The fourth-order valence-electron chi connectivity index (χ4n) is 10.8. The first-order chi connectivity index (χ1) is 30.1. The quantitative estimate of drug-likeness (QED) is 0.174. The molecule has 2 atom stereocenters. The molecule has 0 N–H and O–H groups in total. The first kappa shape index (κ1) is 35.2. The van der Waals surface area contributed by atoms with Crippen LogP contribution in [-0.2, 0) is 0 Å². The van der Waals surface area contributed by atoms with Crippen molar-refractivity contribution in [2.75, 3.05) is 0 Å². The van der Waals surface area contributed by atoms with E-state index in [4.69, 9.17) is 4.74 Å². The van der Waals surface area contributed by atoms with E-state index in [0.29, 0.717) is 28.4 Å². The minimum absolute atomic E-state index is 0.217. The van der Waals surface area contributed by atoms with E-state index in [1.165, 1.54) is 29.2 Å². The summed E-state index contributed by atoms with van der Waals surface area (Å²) < 4.78 is 13.3. The van der Waals surface area contributed by atoms with E-state index < -0.39 is 0 Å². The second-order valence-electron chi connectivity index (χ2n) is 16.5. The number of ether oxygens (including phenoxy) is 1. The van der Waals surface area contributed by atoms with E-state index in [1.807, 2.05) is 37.3 Å². The van der Waals surface area contributed by atoms with Gasteiger partial charge < -0.3 is 18.4 Å². The summed E-state index contributed by atoms with van der Waals surface area (Å²) in [4.78, 5) is 0. The lowest BCUT2D eigenvalue weighted by Crippen LogP contribution is -2.22. The Morgan fingerprint density at radius 3 is 1.85 bits per heavy atom. The highest BCUT2D eigenvalue weighted by molar-refractivity contribution is 6.16. The lowest BCUT2D eigenvalue weighted by Gasteiger charge is -2.23. The van der Waals surface area contributed by atoms with Gasteiger partial charge in [0, 0.05) is 55.6 Å². The van der Waals surface area contributed by atoms with Gasteiger partial charge >= 0.3 is 0 Å². The van der Waals surface area contributed by atoms with E-state index in [-0.39, 0.29) is 6.10 Å². The van der Waals surface area contributed by atoms with Gasteiger partial charge in [0.15, 0.2) is 0 Å². The molecule has 0 bridgehead atoms. The molecule has 10 aromatic rings. The number of benzene rings is 7. The zero-order valence-corrected chi connectivity index (χ0v) is 33.7. The monoisotopic (exact) mass is 785 g/mol. The molecular weight excluding hydrogens is 747 g/mol. The topological polar surface area (TPSA) is 71.6 Å². The minimum atomic E-state index is 0.217. The molecule has 4 heterocycles. The largest absolute Gasteiger partial charge is 0.489 e.